The molecule has 1 aliphatic rings. The van der Waals surface area contributed by atoms with Crippen LogP contribution in [0.5, 0.6) is 0 Å². The third kappa shape index (κ3) is 4.93. The zero-order chi connectivity index (χ0) is 20.1. The zero-order valence-electron chi connectivity index (χ0n) is 17.2. The van der Waals surface area contributed by atoms with Gasteiger partial charge in [0.15, 0.2) is 0 Å². The summed E-state index contributed by atoms with van der Waals surface area (Å²) in [7, 11) is 2.14. The molecule has 0 saturated carbocycles. The lowest BCUT2D eigenvalue weighted by molar-refractivity contribution is 0.0331. The van der Waals surface area contributed by atoms with Crippen LogP contribution in [0.3, 0.4) is 0 Å². The predicted molar refractivity (Wildman–Crippen MR) is 121 cm³/mol. The van der Waals surface area contributed by atoms with Crippen LogP contribution < -0.4 is 5.32 Å². The summed E-state index contributed by atoms with van der Waals surface area (Å²) < 4.78 is 5.47. The molecule has 0 bridgehead atoms. The third-order valence-electron chi connectivity index (χ3n) is 5.36. The Morgan fingerprint density at radius 1 is 1.17 bits per heavy atom. The lowest BCUT2D eigenvalue weighted by Crippen LogP contribution is -2.36. The summed E-state index contributed by atoms with van der Waals surface area (Å²) in [6.07, 6.45) is 0. The van der Waals surface area contributed by atoms with E-state index in [9.17, 15) is 0 Å². The molecule has 1 aromatic carbocycles. The van der Waals surface area contributed by atoms with E-state index in [2.05, 4.69) is 64.8 Å². The smallest absolute Gasteiger partial charge is 0.146 e. The minimum absolute atomic E-state index is 0.765. The number of thiophene rings is 1. The van der Waals surface area contributed by atoms with E-state index in [-0.39, 0.29) is 0 Å². The van der Waals surface area contributed by atoms with Crippen LogP contribution in [0.4, 0.5) is 5.82 Å². The van der Waals surface area contributed by atoms with Gasteiger partial charge in [-0.15, -0.1) is 11.3 Å². The molecule has 3 aromatic rings. The Morgan fingerprint density at radius 2 is 1.97 bits per heavy atom. The van der Waals surface area contributed by atoms with Crippen molar-refractivity contribution < 1.29 is 4.74 Å². The first-order valence-corrected chi connectivity index (χ1v) is 11.2. The number of aromatic nitrogens is 2. The fraction of sp³-hybridized carbons (Fsp3) is 0.455. The molecule has 29 heavy (non-hydrogen) atoms. The average molecular weight is 412 g/mol. The van der Waals surface area contributed by atoms with Crippen LogP contribution in [-0.4, -0.2) is 72.8 Å². The van der Waals surface area contributed by atoms with Crippen molar-refractivity contribution in [3.05, 3.63) is 41.5 Å². The molecule has 1 fully saturated rings. The Kier molecular flexibility index (Phi) is 6.71. The van der Waals surface area contributed by atoms with Crippen LogP contribution in [0.2, 0.25) is 0 Å². The van der Waals surface area contributed by atoms with E-state index in [1.54, 1.807) is 11.3 Å². The number of fused-ring (bicyclic) bond motifs is 1. The molecule has 4 rings (SSSR count). The third-order valence-corrected chi connectivity index (χ3v) is 6.23. The number of anilines is 1. The summed E-state index contributed by atoms with van der Waals surface area (Å²) in [4.78, 5) is 15.6. The maximum Gasteiger partial charge on any atom is 0.146 e. The van der Waals surface area contributed by atoms with Crippen molar-refractivity contribution in [3.63, 3.8) is 0 Å². The van der Waals surface area contributed by atoms with Crippen molar-refractivity contribution in [1.29, 1.82) is 0 Å². The SMILES string of the molecule is CCN(C)CCNc1nc(CN2CCOCC2)nc2scc(-c3ccccc3)c12. The molecule has 6 nitrogen and oxygen atoms in total. The molecule has 7 heteroatoms. The number of nitrogens with one attached hydrogen (secondary N) is 1. The van der Waals surface area contributed by atoms with Crippen LogP contribution in [0, 0.1) is 0 Å². The monoisotopic (exact) mass is 411 g/mol. The number of hydrogen-bond donors (Lipinski definition) is 1. The molecule has 0 aliphatic carbocycles. The van der Waals surface area contributed by atoms with Crippen LogP contribution in [0.1, 0.15) is 12.7 Å². The van der Waals surface area contributed by atoms with Crippen LogP contribution in [0.25, 0.3) is 21.3 Å². The van der Waals surface area contributed by atoms with Crippen molar-refractivity contribution in [2.75, 3.05) is 58.3 Å². The number of hydrogen-bond acceptors (Lipinski definition) is 7. The number of ether oxygens (including phenoxy) is 1. The number of nitrogens with zero attached hydrogens (tertiary/aromatic N) is 4. The van der Waals surface area contributed by atoms with E-state index in [0.717, 1.165) is 74.3 Å². The molecule has 0 radical (unpaired) electrons. The molecular formula is C22H29N5OS. The van der Waals surface area contributed by atoms with Crippen molar-refractivity contribution in [2.24, 2.45) is 0 Å². The van der Waals surface area contributed by atoms with E-state index in [0.29, 0.717) is 0 Å². The first-order chi connectivity index (χ1) is 14.2. The lowest BCUT2D eigenvalue weighted by Gasteiger charge is -2.26. The van der Waals surface area contributed by atoms with E-state index in [1.165, 1.54) is 11.1 Å². The van der Waals surface area contributed by atoms with E-state index in [1.807, 2.05) is 0 Å². The average Bonchev–Trinajstić information content (AvgIpc) is 3.19. The van der Waals surface area contributed by atoms with Crippen LogP contribution in [-0.2, 0) is 11.3 Å². The van der Waals surface area contributed by atoms with Gasteiger partial charge in [-0.1, -0.05) is 37.3 Å². The van der Waals surface area contributed by atoms with Crippen molar-refractivity contribution in [1.82, 2.24) is 19.8 Å². The Bertz CT molecular complexity index is 924. The Balaban J connectivity index is 1.66. The number of morpholine rings is 1. The predicted octanol–water partition coefficient (Wildman–Crippen LogP) is 3.55. The molecule has 0 amide bonds. The standard InChI is InChI=1S/C22H29N5OS/c1-3-26(2)10-9-23-21-20-18(17-7-5-4-6-8-17)16-29-22(20)25-19(24-21)15-27-11-13-28-14-12-27/h4-8,16H,3,9-15H2,1-2H3,(H,23,24,25). The van der Waals surface area contributed by atoms with E-state index < -0.39 is 0 Å². The second kappa shape index (κ2) is 9.63. The second-order valence-corrected chi connectivity index (χ2v) is 8.25. The highest BCUT2D eigenvalue weighted by Gasteiger charge is 2.18. The zero-order valence-corrected chi connectivity index (χ0v) is 18.0. The molecule has 1 saturated heterocycles. The minimum Gasteiger partial charge on any atom is -0.379 e. The minimum atomic E-state index is 0.765. The van der Waals surface area contributed by atoms with Gasteiger partial charge in [0.05, 0.1) is 25.1 Å². The molecular weight excluding hydrogens is 382 g/mol. The molecule has 3 heterocycles. The molecule has 1 aliphatic heterocycles. The summed E-state index contributed by atoms with van der Waals surface area (Å²) in [5, 5.41) is 6.93. The summed E-state index contributed by atoms with van der Waals surface area (Å²) in [6.45, 7) is 9.26. The topological polar surface area (TPSA) is 53.5 Å². The van der Waals surface area contributed by atoms with Gasteiger partial charge in [0, 0.05) is 37.1 Å². The van der Waals surface area contributed by atoms with Crippen LogP contribution >= 0.6 is 11.3 Å². The first kappa shape index (κ1) is 20.2. The normalized spacial score (nSPS) is 15.3. The summed E-state index contributed by atoms with van der Waals surface area (Å²) in [5.74, 6) is 1.83. The van der Waals surface area contributed by atoms with Gasteiger partial charge in [-0.2, -0.15) is 0 Å². The largest absolute Gasteiger partial charge is 0.379 e. The highest BCUT2D eigenvalue weighted by molar-refractivity contribution is 7.17. The van der Waals surface area contributed by atoms with Crippen molar-refractivity contribution in [3.8, 4) is 11.1 Å². The summed E-state index contributed by atoms with van der Waals surface area (Å²) in [6, 6.07) is 10.5. The van der Waals surface area contributed by atoms with Gasteiger partial charge in [0.2, 0.25) is 0 Å². The van der Waals surface area contributed by atoms with Crippen molar-refractivity contribution >= 4 is 27.4 Å². The van der Waals surface area contributed by atoms with Gasteiger partial charge in [-0.3, -0.25) is 4.90 Å². The second-order valence-electron chi connectivity index (χ2n) is 7.40. The Labute approximate surface area is 176 Å². The molecule has 1 N–H and O–H groups in total. The fourth-order valence-corrected chi connectivity index (χ4v) is 4.46. The summed E-state index contributed by atoms with van der Waals surface area (Å²) >= 11 is 1.70. The van der Waals surface area contributed by atoms with Gasteiger partial charge in [-0.05, 0) is 19.2 Å². The van der Waals surface area contributed by atoms with Gasteiger partial charge in [-0.25, -0.2) is 9.97 Å². The molecule has 154 valence electrons. The highest BCUT2D eigenvalue weighted by atomic mass is 32.1. The Hall–Kier alpha value is -2.06. The lowest BCUT2D eigenvalue weighted by atomic mass is 10.1. The summed E-state index contributed by atoms with van der Waals surface area (Å²) in [5.41, 5.74) is 2.41. The van der Waals surface area contributed by atoms with Gasteiger partial charge < -0.3 is 15.0 Å². The van der Waals surface area contributed by atoms with Gasteiger partial charge in [0.1, 0.15) is 16.5 Å². The number of benzene rings is 1. The maximum atomic E-state index is 5.47. The molecule has 2 aromatic heterocycles. The van der Waals surface area contributed by atoms with Gasteiger partial charge in [0.25, 0.3) is 0 Å². The van der Waals surface area contributed by atoms with Gasteiger partial charge >= 0.3 is 0 Å². The maximum absolute atomic E-state index is 5.47. The quantitative estimate of drug-likeness (QED) is 0.612. The first-order valence-electron chi connectivity index (χ1n) is 10.3. The molecule has 0 atom stereocenters. The van der Waals surface area contributed by atoms with Crippen molar-refractivity contribution in [2.45, 2.75) is 13.5 Å². The van der Waals surface area contributed by atoms with E-state index >= 15 is 0 Å². The van der Waals surface area contributed by atoms with Crippen LogP contribution in [0.15, 0.2) is 35.7 Å². The fourth-order valence-electron chi connectivity index (χ4n) is 3.50. The number of rotatable bonds is 8. The Morgan fingerprint density at radius 3 is 2.72 bits per heavy atom. The molecule has 0 unspecified atom stereocenters. The number of likely N-dealkylation sites (N-methyl/N-ethyl adjacent to an activating group) is 1. The highest BCUT2D eigenvalue weighted by Crippen LogP contribution is 2.37. The van der Waals surface area contributed by atoms with E-state index in [4.69, 9.17) is 14.7 Å². The molecule has 0 spiro atoms.